The molecule has 36 heavy (non-hydrogen) atoms. The number of carboxylic acid groups (broad SMARTS) is 4. The van der Waals surface area contributed by atoms with Gasteiger partial charge < -0.3 is 30.9 Å². The van der Waals surface area contributed by atoms with Crippen molar-refractivity contribution in [1.82, 2.24) is 4.90 Å². The Hall–Kier alpha value is -2.89. The Morgan fingerprint density at radius 2 is 1.53 bits per heavy atom. The van der Waals surface area contributed by atoms with Gasteiger partial charge in [-0.25, -0.2) is 0 Å². The molecule has 0 bridgehead atoms. The normalized spacial score (nSPS) is 14.6. The number of benzene rings is 1. The molecule has 0 radical (unpaired) electrons. The second-order valence-electron chi connectivity index (χ2n) is 8.15. The van der Waals surface area contributed by atoms with E-state index in [9.17, 15) is 19.2 Å². The van der Waals surface area contributed by atoms with Gasteiger partial charge in [-0.1, -0.05) is 24.9 Å². The highest BCUT2D eigenvalue weighted by Crippen LogP contribution is 2.27. The highest BCUT2D eigenvalue weighted by atomic mass is 35.5. The first-order valence-electron chi connectivity index (χ1n) is 11.7. The molecule has 6 N–H and O–H groups in total. The fourth-order valence-corrected chi connectivity index (χ4v) is 3.25. The maximum atomic E-state index is 9.64. The van der Waals surface area contributed by atoms with Crippen LogP contribution in [0.2, 0.25) is 5.02 Å². The molecule has 1 saturated heterocycles. The fourth-order valence-electron chi connectivity index (χ4n) is 3.06. The summed E-state index contributed by atoms with van der Waals surface area (Å²) < 4.78 is 5.89. The van der Waals surface area contributed by atoms with Gasteiger partial charge >= 0.3 is 23.9 Å². The largest absolute Gasteiger partial charge is 0.493 e. The Bertz CT molecular complexity index is 780. The van der Waals surface area contributed by atoms with E-state index in [0.717, 1.165) is 56.4 Å². The van der Waals surface area contributed by atoms with E-state index in [0.29, 0.717) is 5.92 Å². The highest BCUT2D eigenvalue weighted by Gasteiger charge is 2.22. The third kappa shape index (κ3) is 17.5. The van der Waals surface area contributed by atoms with Gasteiger partial charge in [-0.2, -0.15) is 0 Å². The summed E-state index contributed by atoms with van der Waals surface area (Å²) in [5.74, 6) is -2.70. The molecular formula is C24H37ClN2O9. The molecule has 0 aliphatic carbocycles. The van der Waals surface area contributed by atoms with Crippen molar-refractivity contribution in [3.8, 4) is 5.75 Å². The number of likely N-dealkylation sites (tertiary alicyclic amines) is 1. The summed E-state index contributed by atoms with van der Waals surface area (Å²) in [7, 11) is 0. The van der Waals surface area contributed by atoms with Gasteiger partial charge in [0.1, 0.15) is 5.75 Å². The standard InChI is InChI=1S/C16H25ClN2O.2C4H6O4/c1-2-3-8-20-16-5-4-15(17)9-14(16)12-19-7-6-13(10-18)11-19;2*5-3(6)1-2-4(7)8/h4-5,9,13H,2-3,6-8,10-12,18H2,1H3;2*1-2H2,(H,5,6)(H,7,8)/t13-;;/m0../s1. The molecule has 0 aromatic heterocycles. The maximum absolute atomic E-state index is 9.64. The topological polar surface area (TPSA) is 188 Å². The van der Waals surface area contributed by atoms with Crippen molar-refractivity contribution in [2.45, 2.75) is 58.4 Å². The summed E-state index contributed by atoms with van der Waals surface area (Å²) in [5, 5.41) is 32.4. The number of halogens is 1. The molecule has 11 nitrogen and oxygen atoms in total. The van der Waals surface area contributed by atoms with E-state index >= 15 is 0 Å². The van der Waals surface area contributed by atoms with Crippen molar-refractivity contribution in [2.24, 2.45) is 11.7 Å². The summed E-state index contributed by atoms with van der Waals surface area (Å²) >= 11 is 6.13. The molecule has 1 heterocycles. The minimum Gasteiger partial charge on any atom is -0.493 e. The Morgan fingerprint density at radius 1 is 1.00 bits per heavy atom. The summed E-state index contributed by atoms with van der Waals surface area (Å²) in [6.45, 7) is 6.82. The molecule has 0 unspecified atom stereocenters. The summed E-state index contributed by atoms with van der Waals surface area (Å²) in [6.07, 6.45) is 2.24. The van der Waals surface area contributed by atoms with Gasteiger partial charge in [-0.05, 0) is 50.0 Å². The van der Waals surface area contributed by atoms with Crippen LogP contribution in [0.4, 0.5) is 0 Å². The monoisotopic (exact) mass is 532 g/mol. The lowest BCUT2D eigenvalue weighted by Crippen LogP contribution is -2.23. The van der Waals surface area contributed by atoms with Gasteiger partial charge in [0.2, 0.25) is 0 Å². The molecule has 1 fully saturated rings. The molecule has 1 aliphatic rings. The summed E-state index contributed by atoms with van der Waals surface area (Å²) in [4.78, 5) is 41.0. The number of ether oxygens (including phenoxy) is 1. The van der Waals surface area contributed by atoms with Crippen LogP contribution in [0.5, 0.6) is 5.75 Å². The van der Waals surface area contributed by atoms with E-state index in [1.54, 1.807) is 0 Å². The van der Waals surface area contributed by atoms with Crippen LogP contribution in [-0.2, 0) is 25.7 Å². The number of nitrogens with two attached hydrogens (primary N) is 1. The van der Waals surface area contributed by atoms with Crippen molar-refractivity contribution >= 4 is 35.5 Å². The molecule has 1 aromatic carbocycles. The van der Waals surface area contributed by atoms with Gasteiger partial charge in [0, 0.05) is 23.7 Å². The predicted molar refractivity (Wildman–Crippen MR) is 133 cm³/mol. The van der Waals surface area contributed by atoms with Crippen LogP contribution in [0.25, 0.3) is 0 Å². The minimum absolute atomic E-state index is 0.296. The average Bonchev–Trinajstić information content (AvgIpc) is 3.26. The van der Waals surface area contributed by atoms with Crippen LogP contribution in [0, 0.1) is 5.92 Å². The van der Waals surface area contributed by atoms with Crippen molar-refractivity contribution in [1.29, 1.82) is 0 Å². The first-order valence-corrected chi connectivity index (χ1v) is 12.1. The van der Waals surface area contributed by atoms with Crippen LogP contribution < -0.4 is 10.5 Å². The molecule has 1 aliphatic heterocycles. The SMILES string of the molecule is CCCCOc1ccc(Cl)cc1CN1CC[C@@H](CN)C1.O=C(O)CCC(=O)O.O=C(O)CCC(=O)O. The van der Waals surface area contributed by atoms with E-state index in [2.05, 4.69) is 11.8 Å². The van der Waals surface area contributed by atoms with Crippen molar-refractivity contribution in [2.75, 3.05) is 26.2 Å². The number of carbonyl (C=O) groups is 4. The number of hydrogen-bond acceptors (Lipinski definition) is 7. The second kappa shape index (κ2) is 19.3. The van der Waals surface area contributed by atoms with E-state index in [1.807, 2.05) is 18.2 Å². The Labute approximate surface area is 215 Å². The van der Waals surface area contributed by atoms with Crippen LogP contribution in [-0.4, -0.2) is 75.4 Å². The number of hydrogen-bond donors (Lipinski definition) is 5. The second-order valence-corrected chi connectivity index (χ2v) is 8.59. The molecule has 2 rings (SSSR count). The lowest BCUT2D eigenvalue weighted by atomic mass is 10.1. The molecule has 1 aromatic rings. The zero-order valence-corrected chi connectivity index (χ0v) is 21.3. The molecule has 0 amide bonds. The quantitative estimate of drug-likeness (QED) is 0.235. The lowest BCUT2D eigenvalue weighted by Gasteiger charge is -2.18. The summed E-state index contributed by atoms with van der Waals surface area (Å²) in [5.41, 5.74) is 6.94. The Balaban J connectivity index is 0.000000634. The summed E-state index contributed by atoms with van der Waals surface area (Å²) in [6, 6.07) is 5.92. The van der Waals surface area contributed by atoms with Gasteiger partial charge in [0.25, 0.3) is 0 Å². The predicted octanol–water partition coefficient (Wildman–Crippen LogP) is 3.17. The number of rotatable bonds is 13. The van der Waals surface area contributed by atoms with Crippen LogP contribution in [0.3, 0.4) is 0 Å². The molecular weight excluding hydrogens is 496 g/mol. The van der Waals surface area contributed by atoms with Gasteiger partial charge in [-0.3, -0.25) is 24.1 Å². The van der Waals surface area contributed by atoms with E-state index < -0.39 is 23.9 Å². The number of carboxylic acids is 4. The lowest BCUT2D eigenvalue weighted by molar-refractivity contribution is -0.143. The third-order valence-electron chi connectivity index (χ3n) is 4.98. The maximum Gasteiger partial charge on any atom is 0.303 e. The smallest absolute Gasteiger partial charge is 0.303 e. The highest BCUT2D eigenvalue weighted by molar-refractivity contribution is 6.30. The molecule has 0 spiro atoms. The van der Waals surface area contributed by atoms with Crippen LogP contribution in [0.1, 0.15) is 57.4 Å². The molecule has 0 saturated carbocycles. The number of nitrogens with zero attached hydrogens (tertiary/aromatic N) is 1. The van der Waals surface area contributed by atoms with Gasteiger partial charge in [-0.15, -0.1) is 0 Å². The van der Waals surface area contributed by atoms with Gasteiger partial charge in [0.05, 0.1) is 32.3 Å². The number of aliphatic carboxylic acids is 4. The van der Waals surface area contributed by atoms with E-state index in [4.69, 9.17) is 42.5 Å². The zero-order chi connectivity index (χ0) is 27.5. The Morgan fingerprint density at radius 3 is 1.94 bits per heavy atom. The molecule has 204 valence electrons. The minimum atomic E-state index is -1.08. The zero-order valence-electron chi connectivity index (χ0n) is 20.5. The van der Waals surface area contributed by atoms with Crippen LogP contribution >= 0.6 is 11.6 Å². The fraction of sp³-hybridized carbons (Fsp3) is 0.583. The van der Waals surface area contributed by atoms with Crippen molar-refractivity contribution in [3.05, 3.63) is 28.8 Å². The first kappa shape index (κ1) is 33.1. The van der Waals surface area contributed by atoms with Crippen molar-refractivity contribution < 1.29 is 44.3 Å². The van der Waals surface area contributed by atoms with E-state index in [-0.39, 0.29) is 25.7 Å². The number of unbranched alkanes of at least 4 members (excludes halogenated alkanes) is 1. The third-order valence-corrected chi connectivity index (χ3v) is 5.22. The average molecular weight is 533 g/mol. The van der Waals surface area contributed by atoms with E-state index in [1.165, 1.54) is 12.0 Å². The molecule has 12 heteroatoms. The Kier molecular flexibility index (Phi) is 17.8. The first-order chi connectivity index (χ1) is 17.0. The molecule has 1 atom stereocenters. The van der Waals surface area contributed by atoms with Gasteiger partial charge in [0.15, 0.2) is 0 Å². The van der Waals surface area contributed by atoms with Crippen molar-refractivity contribution in [3.63, 3.8) is 0 Å². The van der Waals surface area contributed by atoms with Crippen LogP contribution in [0.15, 0.2) is 18.2 Å².